The maximum Gasteiger partial charge on any atom is 0.349 e. The van der Waals surface area contributed by atoms with Gasteiger partial charge < -0.3 is 15.2 Å². The maximum absolute atomic E-state index is 12.7. The third-order valence-electron chi connectivity index (χ3n) is 6.67. The molecule has 0 radical (unpaired) electrons. The van der Waals surface area contributed by atoms with E-state index < -0.39 is 10.9 Å². The van der Waals surface area contributed by atoms with Crippen LogP contribution in [-0.4, -0.2) is 29.3 Å². The van der Waals surface area contributed by atoms with Crippen molar-refractivity contribution in [1.82, 2.24) is 0 Å². The van der Waals surface area contributed by atoms with Crippen molar-refractivity contribution < 1.29 is 28.8 Å². The van der Waals surface area contributed by atoms with Crippen LogP contribution in [0.4, 0.5) is 17.1 Å². The van der Waals surface area contributed by atoms with Gasteiger partial charge in [-0.05, 0) is 80.6 Å². The Morgan fingerprint density at radius 3 is 2.25 bits per heavy atom. The summed E-state index contributed by atoms with van der Waals surface area (Å²) in [6, 6.07) is 16.4. The van der Waals surface area contributed by atoms with Gasteiger partial charge in [0.2, 0.25) is 0 Å². The molecular formula is C31H26Cl3N3O7. The Labute approximate surface area is 267 Å². The Kier molecular flexibility index (Phi) is 10.6. The molecule has 1 aliphatic carbocycles. The lowest BCUT2D eigenvalue weighted by Gasteiger charge is -2.16. The molecule has 0 unspecified atom stereocenters. The number of esters is 1. The van der Waals surface area contributed by atoms with Crippen molar-refractivity contribution in [3.63, 3.8) is 0 Å². The Morgan fingerprint density at radius 2 is 1.66 bits per heavy atom. The summed E-state index contributed by atoms with van der Waals surface area (Å²) in [5, 5.41) is 10.9. The molecule has 13 heteroatoms. The molecule has 0 atom stereocenters. The number of carbonyl (C=O) groups excluding carboxylic acids is 3. The van der Waals surface area contributed by atoms with E-state index in [2.05, 4.69) is 0 Å². The molecule has 3 aromatic rings. The molecule has 3 aromatic carbocycles. The maximum atomic E-state index is 12.7. The van der Waals surface area contributed by atoms with Crippen molar-refractivity contribution in [2.75, 3.05) is 17.2 Å². The summed E-state index contributed by atoms with van der Waals surface area (Å²) >= 11 is 18.1. The number of halogens is 3. The average molecular weight is 659 g/mol. The van der Waals surface area contributed by atoms with Gasteiger partial charge in [-0.2, -0.15) is 0 Å². The van der Waals surface area contributed by atoms with Crippen LogP contribution in [0.5, 0.6) is 11.5 Å². The summed E-state index contributed by atoms with van der Waals surface area (Å²) in [4.78, 5) is 48.3. The number of amides is 2. The third-order valence-corrected chi connectivity index (χ3v) is 7.67. The molecule has 2 amide bonds. The second-order valence-electron chi connectivity index (χ2n) is 9.51. The van der Waals surface area contributed by atoms with Crippen molar-refractivity contribution in [3.05, 3.63) is 103 Å². The SMILES string of the molecule is CCOC(=O)/C(Cl)=C/c1cc(N2C(=O)C3=C(CCCC3)C2=O)ccc1Cl.Nc1c([N+](=O)[O-])ccc(Oc2ccccc2)c1Cl. The van der Waals surface area contributed by atoms with Gasteiger partial charge in [-0.3, -0.25) is 19.7 Å². The van der Waals surface area contributed by atoms with Gasteiger partial charge in [0.05, 0.1) is 17.2 Å². The highest BCUT2D eigenvalue weighted by Gasteiger charge is 2.39. The Bertz CT molecular complexity index is 1660. The predicted molar refractivity (Wildman–Crippen MR) is 169 cm³/mol. The highest BCUT2D eigenvalue weighted by Crippen LogP contribution is 2.39. The molecule has 2 N–H and O–H groups in total. The Hall–Kier alpha value is -4.38. The lowest BCUT2D eigenvalue weighted by Crippen LogP contribution is -2.31. The van der Waals surface area contributed by atoms with E-state index in [9.17, 15) is 24.5 Å². The number of ether oxygens (including phenoxy) is 2. The van der Waals surface area contributed by atoms with Crippen LogP contribution in [0.1, 0.15) is 38.2 Å². The van der Waals surface area contributed by atoms with Gasteiger partial charge in [0.25, 0.3) is 17.5 Å². The largest absolute Gasteiger partial charge is 0.462 e. The molecule has 1 aliphatic heterocycles. The fourth-order valence-corrected chi connectivity index (χ4v) is 5.11. The number of nitrogens with two attached hydrogens (primary N) is 1. The van der Waals surface area contributed by atoms with Gasteiger partial charge in [-0.15, -0.1) is 0 Å². The number of para-hydroxylation sites is 1. The fourth-order valence-electron chi connectivity index (χ4n) is 4.57. The fraction of sp³-hybridized carbons (Fsp3) is 0.194. The zero-order valence-corrected chi connectivity index (χ0v) is 25.6. The number of nitrogens with zero attached hydrogens (tertiary/aromatic N) is 2. The van der Waals surface area contributed by atoms with Gasteiger partial charge in [-0.1, -0.05) is 53.0 Å². The van der Waals surface area contributed by atoms with Crippen LogP contribution in [0.2, 0.25) is 10.0 Å². The monoisotopic (exact) mass is 657 g/mol. The molecule has 1 heterocycles. The minimum absolute atomic E-state index is 0.0352. The van der Waals surface area contributed by atoms with E-state index in [1.807, 2.05) is 6.07 Å². The van der Waals surface area contributed by atoms with E-state index in [-0.39, 0.29) is 45.6 Å². The number of imide groups is 1. The van der Waals surface area contributed by atoms with Crippen LogP contribution >= 0.6 is 34.8 Å². The molecule has 10 nitrogen and oxygen atoms in total. The molecule has 0 bridgehead atoms. The summed E-state index contributed by atoms with van der Waals surface area (Å²) in [6.07, 6.45) is 4.45. The number of nitro groups is 1. The van der Waals surface area contributed by atoms with E-state index in [1.165, 1.54) is 23.1 Å². The average Bonchev–Trinajstić information content (AvgIpc) is 3.27. The smallest absolute Gasteiger partial charge is 0.349 e. The first-order chi connectivity index (χ1) is 21.0. The quantitative estimate of drug-likeness (QED) is 0.0675. The van der Waals surface area contributed by atoms with Crippen molar-refractivity contribution >= 4 is 75.7 Å². The molecule has 5 rings (SSSR count). The number of benzene rings is 3. The number of hydrogen-bond donors (Lipinski definition) is 1. The summed E-state index contributed by atoms with van der Waals surface area (Å²) in [5.74, 6) is -0.364. The van der Waals surface area contributed by atoms with Crippen LogP contribution in [0.25, 0.3) is 6.08 Å². The summed E-state index contributed by atoms with van der Waals surface area (Å²) in [7, 11) is 0. The van der Waals surface area contributed by atoms with Crippen LogP contribution < -0.4 is 15.4 Å². The summed E-state index contributed by atoms with van der Waals surface area (Å²) in [6.45, 7) is 1.87. The van der Waals surface area contributed by atoms with Gasteiger partial charge in [0.1, 0.15) is 27.2 Å². The van der Waals surface area contributed by atoms with E-state index in [0.717, 1.165) is 12.8 Å². The van der Waals surface area contributed by atoms with Gasteiger partial charge in [0.15, 0.2) is 0 Å². The highest BCUT2D eigenvalue weighted by atomic mass is 35.5. The van der Waals surface area contributed by atoms with E-state index in [0.29, 0.717) is 46.0 Å². The normalized spacial score (nSPS) is 14.5. The number of carbonyl (C=O) groups is 3. The van der Waals surface area contributed by atoms with Crippen LogP contribution in [0.15, 0.2) is 76.8 Å². The molecule has 0 aromatic heterocycles. The molecule has 0 saturated heterocycles. The molecule has 0 saturated carbocycles. The minimum atomic E-state index is -0.666. The zero-order chi connectivity index (χ0) is 32.0. The number of nitrogen functional groups attached to an aromatic ring is 1. The topological polar surface area (TPSA) is 142 Å². The second kappa shape index (κ2) is 14.4. The highest BCUT2D eigenvalue weighted by molar-refractivity contribution is 6.43. The van der Waals surface area contributed by atoms with Crippen LogP contribution in [-0.2, 0) is 19.1 Å². The first-order valence-corrected chi connectivity index (χ1v) is 14.6. The number of rotatable bonds is 7. The van der Waals surface area contributed by atoms with E-state index in [1.54, 1.807) is 49.4 Å². The van der Waals surface area contributed by atoms with E-state index >= 15 is 0 Å². The van der Waals surface area contributed by atoms with Crippen molar-refractivity contribution in [3.8, 4) is 11.5 Å². The Balaban J connectivity index is 0.000000215. The van der Waals surface area contributed by atoms with Crippen LogP contribution in [0, 0.1) is 10.1 Å². The number of hydrogen-bond acceptors (Lipinski definition) is 8. The second-order valence-corrected chi connectivity index (χ2v) is 10.7. The molecule has 2 aliphatic rings. The number of nitro benzene ring substituents is 1. The summed E-state index contributed by atoms with van der Waals surface area (Å²) < 4.78 is 10.3. The summed E-state index contributed by atoms with van der Waals surface area (Å²) in [5.41, 5.74) is 7.29. The third kappa shape index (κ3) is 7.21. The first kappa shape index (κ1) is 32.5. The van der Waals surface area contributed by atoms with Gasteiger partial charge >= 0.3 is 5.97 Å². The standard InChI is InChI=1S/C19H17Cl2NO4.C12H9ClN2O3/c1-2-26-19(25)16(21)10-11-9-12(7-8-15(11)20)22-17(23)13-5-3-4-6-14(13)18(22)24;13-11-10(18-8-4-2-1-3-5-8)7-6-9(12(11)14)15(16)17/h7-10H,2-6H2,1H3;1-7H,14H2/b16-10-;. The van der Waals surface area contributed by atoms with Gasteiger partial charge in [-0.25, -0.2) is 9.69 Å². The number of anilines is 2. The van der Waals surface area contributed by atoms with Crippen LogP contribution in [0.3, 0.4) is 0 Å². The molecule has 44 heavy (non-hydrogen) atoms. The van der Waals surface area contributed by atoms with Crippen molar-refractivity contribution in [2.24, 2.45) is 0 Å². The lowest BCUT2D eigenvalue weighted by molar-refractivity contribution is -0.383. The minimum Gasteiger partial charge on any atom is -0.462 e. The Morgan fingerprint density at radius 1 is 1.02 bits per heavy atom. The predicted octanol–water partition coefficient (Wildman–Crippen LogP) is 7.85. The molecule has 0 spiro atoms. The zero-order valence-electron chi connectivity index (χ0n) is 23.3. The molecular weight excluding hydrogens is 633 g/mol. The molecule has 0 fully saturated rings. The molecule has 228 valence electrons. The van der Waals surface area contributed by atoms with Crippen molar-refractivity contribution in [1.29, 1.82) is 0 Å². The van der Waals surface area contributed by atoms with Gasteiger partial charge in [0, 0.05) is 22.2 Å². The lowest BCUT2D eigenvalue weighted by atomic mass is 9.93. The first-order valence-electron chi connectivity index (χ1n) is 13.4. The van der Waals surface area contributed by atoms with E-state index in [4.69, 9.17) is 50.0 Å². The van der Waals surface area contributed by atoms with Crippen molar-refractivity contribution in [2.45, 2.75) is 32.6 Å².